The van der Waals surface area contributed by atoms with E-state index < -0.39 is 0 Å². The SMILES string of the molecule is Cc1ccc(NC(=O)CSc2nccn3nc(-c4ccc(F)cc4)cc23)c(C)c1. The molecule has 2 aromatic carbocycles. The highest BCUT2D eigenvalue weighted by atomic mass is 32.2. The van der Waals surface area contributed by atoms with Crippen LogP contribution < -0.4 is 5.32 Å². The highest BCUT2D eigenvalue weighted by molar-refractivity contribution is 8.00. The molecule has 0 saturated heterocycles. The molecule has 7 heteroatoms. The number of fused-ring (bicyclic) bond motifs is 1. The number of amides is 1. The van der Waals surface area contributed by atoms with Crippen LogP contribution in [0.3, 0.4) is 0 Å². The van der Waals surface area contributed by atoms with Gasteiger partial charge in [-0.1, -0.05) is 29.5 Å². The van der Waals surface area contributed by atoms with Gasteiger partial charge in [0.05, 0.1) is 17.0 Å². The normalized spacial score (nSPS) is 11.0. The molecule has 0 atom stereocenters. The van der Waals surface area contributed by atoms with Crippen molar-refractivity contribution in [2.45, 2.75) is 18.9 Å². The van der Waals surface area contributed by atoms with Crippen LogP contribution in [0.4, 0.5) is 10.1 Å². The number of nitrogens with zero attached hydrogens (tertiary/aromatic N) is 3. The molecule has 29 heavy (non-hydrogen) atoms. The first-order valence-corrected chi connectivity index (χ1v) is 10.1. The third-order valence-corrected chi connectivity index (χ3v) is 5.48. The fourth-order valence-corrected chi connectivity index (χ4v) is 3.82. The predicted octanol–water partition coefficient (Wildman–Crippen LogP) is 4.88. The molecule has 0 aliphatic rings. The summed E-state index contributed by atoms with van der Waals surface area (Å²) in [5, 5.41) is 8.19. The van der Waals surface area contributed by atoms with Crippen molar-refractivity contribution in [1.29, 1.82) is 0 Å². The van der Waals surface area contributed by atoms with Gasteiger partial charge in [-0.3, -0.25) is 4.79 Å². The molecule has 4 rings (SSSR count). The summed E-state index contributed by atoms with van der Waals surface area (Å²) in [6, 6.07) is 14.0. The van der Waals surface area contributed by atoms with E-state index in [1.165, 1.54) is 23.9 Å². The second kappa shape index (κ2) is 8.05. The molecule has 0 unspecified atom stereocenters. The summed E-state index contributed by atoms with van der Waals surface area (Å²) in [7, 11) is 0. The van der Waals surface area contributed by atoms with Crippen molar-refractivity contribution in [1.82, 2.24) is 14.6 Å². The number of halogens is 1. The van der Waals surface area contributed by atoms with Crippen LogP contribution in [0.2, 0.25) is 0 Å². The fourth-order valence-electron chi connectivity index (χ4n) is 3.05. The number of nitrogens with one attached hydrogen (secondary N) is 1. The van der Waals surface area contributed by atoms with Crippen LogP contribution in [0.5, 0.6) is 0 Å². The largest absolute Gasteiger partial charge is 0.325 e. The Kier molecular flexibility index (Phi) is 5.31. The lowest BCUT2D eigenvalue weighted by atomic mass is 10.1. The van der Waals surface area contributed by atoms with Crippen molar-refractivity contribution in [2.75, 3.05) is 11.1 Å². The first-order valence-electron chi connectivity index (χ1n) is 9.10. The monoisotopic (exact) mass is 406 g/mol. The summed E-state index contributed by atoms with van der Waals surface area (Å²) in [4.78, 5) is 16.8. The van der Waals surface area contributed by atoms with E-state index in [9.17, 15) is 9.18 Å². The van der Waals surface area contributed by atoms with Gasteiger partial charge >= 0.3 is 0 Å². The van der Waals surface area contributed by atoms with Crippen molar-refractivity contribution in [2.24, 2.45) is 0 Å². The third-order valence-electron chi connectivity index (χ3n) is 4.49. The lowest BCUT2D eigenvalue weighted by Crippen LogP contribution is -2.15. The van der Waals surface area contributed by atoms with Gasteiger partial charge in [-0.25, -0.2) is 13.9 Å². The standard InChI is InChI=1S/C22H19FN4OS/c1-14-3-8-18(15(2)11-14)25-21(28)13-29-22-20-12-19(26-27(20)10-9-24-22)16-4-6-17(23)7-5-16/h3-12H,13H2,1-2H3,(H,25,28). The number of benzene rings is 2. The topological polar surface area (TPSA) is 59.3 Å². The molecule has 0 radical (unpaired) electrons. The van der Waals surface area contributed by atoms with Gasteiger partial charge in [0.2, 0.25) is 5.91 Å². The summed E-state index contributed by atoms with van der Waals surface area (Å²) in [6.07, 6.45) is 3.40. The van der Waals surface area contributed by atoms with E-state index in [2.05, 4.69) is 15.4 Å². The Morgan fingerprint density at radius 2 is 1.93 bits per heavy atom. The molecule has 0 bridgehead atoms. The summed E-state index contributed by atoms with van der Waals surface area (Å²) in [5.41, 5.74) is 5.34. The highest BCUT2D eigenvalue weighted by Gasteiger charge is 2.12. The Labute approximate surface area is 172 Å². The number of rotatable bonds is 5. The van der Waals surface area contributed by atoms with E-state index in [4.69, 9.17) is 0 Å². The molecular formula is C22H19FN4OS. The van der Waals surface area contributed by atoms with Gasteiger partial charge in [-0.2, -0.15) is 5.10 Å². The van der Waals surface area contributed by atoms with Crippen LogP contribution in [-0.2, 0) is 4.79 Å². The van der Waals surface area contributed by atoms with Gasteiger partial charge in [0.1, 0.15) is 10.8 Å². The maximum absolute atomic E-state index is 13.2. The lowest BCUT2D eigenvalue weighted by molar-refractivity contribution is -0.113. The third kappa shape index (κ3) is 4.30. The Morgan fingerprint density at radius 1 is 1.14 bits per heavy atom. The Morgan fingerprint density at radius 3 is 2.69 bits per heavy atom. The van der Waals surface area contributed by atoms with E-state index in [1.54, 1.807) is 29.0 Å². The van der Waals surface area contributed by atoms with Crippen LogP contribution in [0, 0.1) is 19.7 Å². The minimum Gasteiger partial charge on any atom is -0.325 e. The van der Waals surface area contributed by atoms with Gasteiger partial charge in [0.25, 0.3) is 0 Å². The number of aromatic nitrogens is 3. The van der Waals surface area contributed by atoms with Gasteiger partial charge in [-0.05, 0) is 55.8 Å². The lowest BCUT2D eigenvalue weighted by Gasteiger charge is -2.09. The number of carbonyl (C=O) groups excluding carboxylic acids is 1. The zero-order chi connectivity index (χ0) is 20.4. The number of anilines is 1. The second-order valence-corrected chi connectivity index (χ2v) is 7.72. The average molecular weight is 406 g/mol. The minimum atomic E-state index is -0.287. The summed E-state index contributed by atoms with van der Waals surface area (Å²) >= 11 is 1.35. The van der Waals surface area contributed by atoms with Crippen LogP contribution in [0.25, 0.3) is 16.8 Å². The summed E-state index contributed by atoms with van der Waals surface area (Å²) < 4.78 is 14.9. The number of aryl methyl sites for hydroxylation is 2. The van der Waals surface area contributed by atoms with E-state index in [0.717, 1.165) is 33.6 Å². The molecule has 0 aliphatic carbocycles. The molecular weight excluding hydrogens is 387 g/mol. The predicted molar refractivity (Wildman–Crippen MR) is 114 cm³/mol. The van der Waals surface area contributed by atoms with Crippen molar-refractivity contribution in [3.8, 4) is 11.3 Å². The molecule has 0 spiro atoms. The highest BCUT2D eigenvalue weighted by Crippen LogP contribution is 2.26. The quantitative estimate of drug-likeness (QED) is 0.480. The second-order valence-electron chi connectivity index (χ2n) is 6.75. The Bertz CT molecular complexity index is 1190. The molecule has 2 heterocycles. The smallest absolute Gasteiger partial charge is 0.234 e. The minimum absolute atomic E-state index is 0.0935. The molecule has 0 fully saturated rings. The molecule has 5 nitrogen and oxygen atoms in total. The maximum atomic E-state index is 13.2. The first-order chi connectivity index (χ1) is 14.0. The molecule has 2 aromatic heterocycles. The maximum Gasteiger partial charge on any atom is 0.234 e. The number of carbonyl (C=O) groups is 1. The van der Waals surface area contributed by atoms with Gasteiger partial charge in [0, 0.05) is 23.6 Å². The molecule has 0 saturated carbocycles. The van der Waals surface area contributed by atoms with E-state index >= 15 is 0 Å². The van der Waals surface area contributed by atoms with Crippen LogP contribution in [-0.4, -0.2) is 26.3 Å². The number of hydrogen-bond acceptors (Lipinski definition) is 4. The summed E-state index contributed by atoms with van der Waals surface area (Å²) in [6.45, 7) is 3.99. The number of hydrogen-bond donors (Lipinski definition) is 1. The first kappa shape index (κ1) is 19.1. The van der Waals surface area contributed by atoms with Gasteiger partial charge in [-0.15, -0.1) is 0 Å². The average Bonchev–Trinajstić information content (AvgIpc) is 3.14. The Hall–Kier alpha value is -3.19. The van der Waals surface area contributed by atoms with E-state index in [-0.39, 0.29) is 17.5 Å². The van der Waals surface area contributed by atoms with Crippen molar-refractivity contribution in [3.63, 3.8) is 0 Å². The summed E-state index contributed by atoms with van der Waals surface area (Å²) in [5.74, 6) is -0.147. The molecule has 1 N–H and O–H groups in total. The van der Waals surface area contributed by atoms with E-state index in [0.29, 0.717) is 5.03 Å². The zero-order valence-electron chi connectivity index (χ0n) is 16.0. The fraction of sp³-hybridized carbons (Fsp3) is 0.136. The van der Waals surface area contributed by atoms with Crippen molar-refractivity contribution < 1.29 is 9.18 Å². The molecule has 0 aliphatic heterocycles. The molecule has 1 amide bonds. The molecule has 4 aromatic rings. The van der Waals surface area contributed by atoms with E-state index in [1.807, 2.05) is 38.1 Å². The van der Waals surface area contributed by atoms with Gasteiger partial charge in [0.15, 0.2) is 0 Å². The Balaban J connectivity index is 1.50. The van der Waals surface area contributed by atoms with Crippen LogP contribution >= 0.6 is 11.8 Å². The van der Waals surface area contributed by atoms with Crippen molar-refractivity contribution in [3.05, 3.63) is 77.9 Å². The zero-order valence-corrected chi connectivity index (χ0v) is 16.8. The molecule has 146 valence electrons. The van der Waals surface area contributed by atoms with Crippen LogP contribution in [0.1, 0.15) is 11.1 Å². The van der Waals surface area contributed by atoms with Crippen LogP contribution in [0.15, 0.2) is 66.0 Å². The number of thioether (sulfide) groups is 1. The van der Waals surface area contributed by atoms with Gasteiger partial charge < -0.3 is 5.32 Å². The van der Waals surface area contributed by atoms with Crippen molar-refractivity contribution >= 4 is 28.9 Å².